The van der Waals surface area contributed by atoms with Crippen molar-refractivity contribution in [1.29, 1.82) is 5.26 Å². The standard InChI is InChI=1S/C24H19ClN2O6/c1-30-22-12-15(11-16(13-26)23(28)27-18-6-4-17(25)5-7-18)3-9-20(22)32-14-19-8-10-21(33-19)24(29)31-2/h3-12H,14H2,1-2H3,(H,27,28). The molecule has 1 aromatic heterocycles. The van der Waals surface area contributed by atoms with Crippen LogP contribution in [0.4, 0.5) is 5.69 Å². The molecule has 168 valence electrons. The van der Waals surface area contributed by atoms with Crippen molar-refractivity contribution in [2.75, 3.05) is 19.5 Å². The van der Waals surface area contributed by atoms with Crippen molar-refractivity contribution in [2.24, 2.45) is 0 Å². The minimum Gasteiger partial charge on any atom is -0.493 e. The van der Waals surface area contributed by atoms with Crippen LogP contribution in [-0.2, 0) is 16.1 Å². The van der Waals surface area contributed by atoms with Gasteiger partial charge < -0.3 is 23.9 Å². The molecule has 0 aliphatic rings. The summed E-state index contributed by atoms with van der Waals surface area (Å²) >= 11 is 5.84. The number of methoxy groups -OCH3 is 2. The molecule has 1 amide bonds. The summed E-state index contributed by atoms with van der Waals surface area (Å²) in [5.74, 6) is 0.159. The lowest BCUT2D eigenvalue weighted by molar-refractivity contribution is -0.112. The van der Waals surface area contributed by atoms with Gasteiger partial charge >= 0.3 is 5.97 Å². The molecule has 1 heterocycles. The molecule has 33 heavy (non-hydrogen) atoms. The normalized spacial score (nSPS) is 10.8. The van der Waals surface area contributed by atoms with E-state index >= 15 is 0 Å². The lowest BCUT2D eigenvalue weighted by Gasteiger charge is -2.11. The molecule has 0 spiro atoms. The Morgan fingerprint density at radius 2 is 1.85 bits per heavy atom. The predicted molar refractivity (Wildman–Crippen MR) is 121 cm³/mol. The van der Waals surface area contributed by atoms with Crippen molar-refractivity contribution >= 4 is 35.2 Å². The third-order valence-electron chi connectivity index (χ3n) is 4.38. The van der Waals surface area contributed by atoms with Crippen molar-refractivity contribution in [1.82, 2.24) is 0 Å². The molecule has 0 unspecified atom stereocenters. The van der Waals surface area contributed by atoms with E-state index in [4.69, 9.17) is 25.5 Å². The topological polar surface area (TPSA) is 111 Å². The maximum absolute atomic E-state index is 12.5. The van der Waals surface area contributed by atoms with Gasteiger partial charge in [-0.3, -0.25) is 4.79 Å². The lowest BCUT2D eigenvalue weighted by atomic mass is 10.1. The number of nitriles is 1. The highest BCUT2D eigenvalue weighted by Gasteiger charge is 2.14. The van der Waals surface area contributed by atoms with Gasteiger partial charge in [0.15, 0.2) is 11.5 Å². The smallest absolute Gasteiger partial charge is 0.373 e. The van der Waals surface area contributed by atoms with Gasteiger partial charge in [-0.2, -0.15) is 5.26 Å². The Kier molecular flexibility index (Phi) is 7.73. The van der Waals surface area contributed by atoms with E-state index in [0.717, 1.165) is 0 Å². The van der Waals surface area contributed by atoms with Crippen LogP contribution in [0.1, 0.15) is 21.9 Å². The zero-order chi connectivity index (χ0) is 23.8. The third kappa shape index (κ3) is 6.15. The molecule has 0 aliphatic carbocycles. The van der Waals surface area contributed by atoms with Crippen LogP contribution in [0.2, 0.25) is 5.02 Å². The number of hydrogen-bond donors (Lipinski definition) is 1. The van der Waals surface area contributed by atoms with Crippen LogP contribution >= 0.6 is 11.6 Å². The van der Waals surface area contributed by atoms with Crippen LogP contribution in [0.25, 0.3) is 6.08 Å². The Labute approximate surface area is 194 Å². The largest absolute Gasteiger partial charge is 0.493 e. The van der Waals surface area contributed by atoms with Gasteiger partial charge in [-0.15, -0.1) is 0 Å². The Balaban J connectivity index is 1.72. The van der Waals surface area contributed by atoms with Crippen LogP contribution in [-0.4, -0.2) is 26.1 Å². The van der Waals surface area contributed by atoms with E-state index in [9.17, 15) is 14.9 Å². The van der Waals surface area contributed by atoms with Gasteiger partial charge in [0.05, 0.1) is 14.2 Å². The molecule has 0 bridgehead atoms. The lowest BCUT2D eigenvalue weighted by Crippen LogP contribution is -2.13. The molecule has 3 rings (SSSR count). The second-order valence-corrected chi connectivity index (χ2v) is 7.02. The van der Waals surface area contributed by atoms with Crippen molar-refractivity contribution in [3.8, 4) is 17.6 Å². The molecular weight excluding hydrogens is 448 g/mol. The zero-order valence-electron chi connectivity index (χ0n) is 17.8. The number of hydrogen-bond acceptors (Lipinski definition) is 7. The van der Waals surface area contributed by atoms with Crippen LogP contribution in [0.15, 0.2) is 64.6 Å². The molecule has 0 saturated carbocycles. The van der Waals surface area contributed by atoms with Crippen molar-refractivity contribution < 1.29 is 28.2 Å². The van der Waals surface area contributed by atoms with Crippen molar-refractivity contribution in [2.45, 2.75) is 6.61 Å². The fourth-order valence-corrected chi connectivity index (χ4v) is 2.88. The molecule has 9 heteroatoms. The van der Waals surface area contributed by atoms with Crippen molar-refractivity contribution in [3.63, 3.8) is 0 Å². The first-order chi connectivity index (χ1) is 15.9. The SMILES string of the molecule is COC(=O)c1ccc(COc2ccc(C=C(C#N)C(=O)Nc3ccc(Cl)cc3)cc2OC)o1. The van der Waals surface area contributed by atoms with E-state index in [1.54, 1.807) is 48.5 Å². The average Bonchev–Trinajstić information content (AvgIpc) is 3.31. The second-order valence-electron chi connectivity index (χ2n) is 6.59. The fourth-order valence-electron chi connectivity index (χ4n) is 2.75. The molecule has 0 saturated heterocycles. The average molecular weight is 467 g/mol. The summed E-state index contributed by atoms with van der Waals surface area (Å²) in [6, 6.07) is 16.5. The van der Waals surface area contributed by atoms with Crippen LogP contribution < -0.4 is 14.8 Å². The van der Waals surface area contributed by atoms with Gasteiger partial charge in [-0.05, 0) is 60.2 Å². The fraction of sp³-hybridized carbons (Fsp3) is 0.125. The number of esters is 1. The number of nitrogens with one attached hydrogen (secondary N) is 1. The number of furan rings is 1. The highest BCUT2D eigenvalue weighted by molar-refractivity contribution is 6.30. The summed E-state index contributed by atoms with van der Waals surface area (Å²) in [7, 11) is 2.73. The summed E-state index contributed by atoms with van der Waals surface area (Å²) in [5, 5.41) is 12.6. The first kappa shape index (κ1) is 23.4. The molecule has 2 aromatic carbocycles. The summed E-state index contributed by atoms with van der Waals surface area (Å²) in [4.78, 5) is 23.9. The molecule has 8 nitrogen and oxygen atoms in total. The third-order valence-corrected chi connectivity index (χ3v) is 4.64. The quantitative estimate of drug-likeness (QED) is 0.287. The Bertz CT molecular complexity index is 1220. The number of rotatable bonds is 8. The van der Waals surface area contributed by atoms with E-state index in [1.807, 2.05) is 6.07 Å². The van der Waals surface area contributed by atoms with E-state index in [-0.39, 0.29) is 17.9 Å². The summed E-state index contributed by atoms with van der Waals surface area (Å²) in [6.07, 6.45) is 1.44. The zero-order valence-corrected chi connectivity index (χ0v) is 18.5. The highest BCUT2D eigenvalue weighted by Crippen LogP contribution is 2.30. The maximum atomic E-state index is 12.5. The van der Waals surface area contributed by atoms with E-state index < -0.39 is 11.9 Å². The first-order valence-electron chi connectivity index (χ1n) is 9.60. The number of amides is 1. The van der Waals surface area contributed by atoms with Gasteiger partial charge in [0.25, 0.3) is 5.91 Å². The Morgan fingerprint density at radius 1 is 1.09 bits per heavy atom. The minimum absolute atomic E-state index is 0.0511. The molecule has 0 atom stereocenters. The number of nitrogens with zero attached hydrogens (tertiary/aromatic N) is 1. The number of carbonyl (C=O) groups is 2. The van der Waals surface area contributed by atoms with E-state index in [0.29, 0.717) is 33.5 Å². The number of ether oxygens (including phenoxy) is 3. The molecule has 0 radical (unpaired) electrons. The highest BCUT2D eigenvalue weighted by atomic mass is 35.5. The van der Waals surface area contributed by atoms with Crippen LogP contribution in [0, 0.1) is 11.3 Å². The van der Waals surface area contributed by atoms with E-state index in [1.165, 1.54) is 26.4 Å². The molecular formula is C24H19ClN2O6. The van der Waals surface area contributed by atoms with Gasteiger partial charge in [-0.1, -0.05) is 17.7 Å². The number of halogens is 1. The van der Waals surface area contributed by atoms with Crippen LogP contribution in [0.3, 0.4) is 0 Å². The second kappa shape index (κ2) is 10.9. The van der Waals surface area contributed by atoms with E-state index in [2.05, 4.69) is 10.1 Å². The van der Waals surface area contributed by atoms with Gasteiger partial charge in [0.1, 0.15) is 24.0 Å². The van der Waals surface area contributed by atoms with Crippen molar-refractivity contribution in [3.05, 3.63) is 82.3 Å². The number of carbonyl (C=O) groups excluding carboxylic acids is 2. The Morgan fingerprint density at radius 3 is 2.52 bits per heavy atom. The molecule has 0 fully saturated rings. The number of anilines is 1. The molecule has 1 N–H and O–H groups in total. The first-order valence-corrected chi connectivity index (χ1v) is 9.98. The predicted octanol–water partition coefficient (Wildman–Crippen LogP) is 4.85. The Hall–Kier alpha value is -4.22. The van der Waals surface area contributed by atoms with Gasteiger partial charge in [0.2, 0.25) is 5.76 Å². The minimum atomic E-state index is -0.580. The van der Waals surface area contributed by atoms with Gasteiger partial charge in [0, 0.05) is 10.7 Å². The number of benzene rings is 2. The molecule has 3 aromatic rings. The summed E-state index contributed by atoms with van der Waals surface area (Å²) < 4.78 is 21.0. The van der Waals surface area contributed by atoms with Crippen LogP contribution in [0.5, 0.6) is 11.5 Å². The van der Waals surface area contributed by atoms with Gasteiger partial charge in [-0.25, -0.2) is 4.79 Å². The monoisotopic (exact) mass is 466 g/mol. The maximum Gasteiger partial charge on any atom is 0.373 e. The molecule has 0 aliphatic heterocycles. The summed E-state index contributed by atoms with van der Waals surface area (Å²) in [6.45, 7) is 0.0511. The summed E-state index contributed by atoms with van der Waals surface area (Å²) in [5.41, 5.74) is 0.986.